The minimum atomic E-state index is -0.469. The molecule has 0 saturated heterocycles. The Kier molecular flexibility index (Phi) is 6.02. The average molecular weight is 293 g/mol. The minimum absolute atomic E-state index is 0.208. The van der Waals surface area contributed by atoms with Crippen molar-refractivity contribution in [2.45, 2.75) is 26.3 Å². The van der Waals surface area contributed by atoms with Gasteiger partial charge in [0.15, 0.2) is 0 Å². The number of carbonyl (C=O) groups excluding carboxylic acids is 2. The maximum absolute atomic E-state index is 11.8. The molecular formula is C15H23N3O3. The third kappa shape index (κ3) is 4.66. The Morgan fingerprint density at radius 3 is 2.48 bits per heavy atom. The molecule has 1 rings (SSSR count). The lowest BCUT2D eigenvalue weighted by Gasteiger charge is -2.20. The molecule has 21 heavy (non-hydrogen) atoms. The van der Waals surface area contributed by atoms with Gasteiger partial charge in [-0.3, -0.25) is 4.79 Å². The Morgan fingerprint density at radius 2 is 2.00 bits per heavy atom. The third-order valence-corrected chi connectivity index (χ3v) is 3.06. The molecule has 1 aromatic carbocycles. The third-order valence-electron chi connectivity index (χ3n) is 3.06. The number of hydrogen-bond donors (Lipinski definition) is 3. The second kappa shape index (κ2) is 7.52. The zero-order valence-corrected chi connectivity index (χ0v) is 12.9. The first-order valence-electron chi connectivity index (χ1n) is 6.85. The predicted molar refractivity (Wildman–Crippen MR) is 83.1 cm³/mol. The molecule has 0 aliphatic carbocycles. The number of nitrogen functional groups attached to an aromatic ring is 1. The normalized spacial score (nSPS) is 11.9. The maximum atomic E-state index is 11.8. The monoisotopic (exact) mass is 293 g/mol. The van der Waals surface area contributed by atoms with E-state index in [9.17, 15) is 9.59 Å². The molecule has 0 heterocycles. The molecule has 1 unspecified atom stereocenters. The van der Waals surface area contributed by atoms with Crippen molar-refractivity contribution >= 4 is 23.3 Å². The van der Waals surface area contributed by atoms with Crippen molar-refractivity contribution in [1.82, 2.24) is 5.32 Å². The highest BCUT2D eigenvalue weighted by molar-refractivity contribution is 5.96. The van der Waals surface area contributed by atoms with Gasteiger partial charge in [0.1, 0.15) is 6.04 Å². The van der Waals surface area contributed by atoms with Gasteiger partial charge in [-0.25, -0.2) is 4.79 Å². The van der Waals surface area contributed by atoms with Crippen molar-refractivity contribution in [1.29, 1.82) is 0 Å². The summed E-state index contributed by atoms with van der Waals surface area (Å²) in [4.78, 5) is 23.3. The largest absolute Gasteiger partial charge is 0.467 e. The van der Waals surface area contributed by atoms with E-state index in [1.54, 1.807) is 25.2 Å². The molecular weight excluding hydrogens is 270 g/mol. The number of methoxy groups -OCH3 is 1. The Labute approximate surface area is 125 Å². The Hall–Kier alpha value is -2.24. The molecule has 1 atom stereocenters. The fourth-order valence-corrected chi connectivity index (χ4v) is 2.00. The standard InChI is InChI=1S/C15H23N3O3/c1-9(2)7-13(15(20)21-4)18-12-6-5-10(8-11(12)16)14(19)17-3/h5-6,8-9,13,18H,7,16H2,1-4H3,(H,17,19). The summed E-state index contributed by atoms with van der Waals surface area (Å²) in [5.74, 6) is -0.216. The lowest BCUT2D eigenvalue weighted by atomic mass is 10.0. The van der Waals surface area contributed by atoms with E-state index in [1.165, 1.54) is 7.11 Å². The number of rotatable bonds is 6. The van der Waals surface area contributed by atoms with E-state index in [2.05, 4.69) is 10.6 Å². The van der Waals surface area contributed by atoms with Gasteiger partial charge in [-0.15, -0.1) is 0 Å². The molecule has 116 valence electrons. The predicted octanol–water partition coefficient (Wildman–Crippen LogP) is 1.63. The van der Waals surface area contributed by atoms with Crippen LogP contribution in [0.1, 0.15) is 30.6 Å². The smallest absolute Gasteiger partial charge is 0.328 e. The quantitative estimate of drug-likeness (QED) is 0.547. The fraction of sp³-hybridized carbons (Fsp3) is 0.467. The minimum Gasteiger partial charge on any atom is -0.467 e. The van der Waals surface area contributed by atoms with E-state index in [-0.39, 0.29) is 11.9 Å². The van der Waals surface area contributed by atoms with E-state index >= 15 is 0 Å². The van der Waals surface area contributed by atoms with Gasteiger partial charge in [0, 0.05) is 12.6 Å². The van der Waals surface area contributed by atoms with E-state index in [0.29, 0.717) is 29.3 Å². The molecule has 0 aliphatic heterocycles. The first-order chi connectivity index (χ1) is 9.88. The molecule has 0 saturated carbocycles. The maximum Gasteiger partial charge on any atom is 0.328 e. The lowest BCUT2D eigenvalue weighted by Crippen LogP contribution is -2.32. The summed E-state index contributed by atoms with van der Waals surface area (Å²) in [6.07, 6.45) is 0.628. The van der Waals surface area contributed by atoms with Crippen LogP contribution in [0.15, 0.2) is 18.2 Å². The van der Waals surface area contributed by atoms with Gasteiger partial charge in [0.05, 0.1) is 18.5 Å². The summed E-state index contributed by atoms with van der Waals surface area (Å²) in [5, 5.41) is 5.62. The van der Waals surface area contributed by atoms with E-state index in [1.807, 2.05) is 13.8 Å². The lowest BCUT2D eigenvalue weighted by molar-refractivity contribution is -0.141. The van der Waals surface area contributed by atoms with Gasteiger partial charge < -0.3 is 21.1 Å². The topological polar surface area (TPSA) is 93.5 Å². The van der Waals surface area contributed by atoms with Gasteiger partial charge in [-0.2, -0.15) is 0 Å². The number of ether oxygens (including phenoxy) is 1. The van der Waals surface area contributed by atoms with Crippen molar-refractivity contribution < 1.29 is 14.3 Å². The number of hydrogen-bond acceptors (Lipinski definition) is 5. The van der Waals surface area contributed by atoms with E-state index in [4.69, 9.17) is 10.5 Å². The van der Waals surface area contributed by atoms with Crippen LogP contribution in [0.25, 0.3) is 0 Å². The van der Waals surface area contributed by atoms with E-state index < -0.39 is 6.04 Å². The van der Waals surface area contributed by atoms with Gasteiger partial charge in [-0.1, -0.05) is 13.8 Å². The molecule has 0 radical (unpaired) electrons. The summed E-state index contributed by atoms with van der Waals surface area (Å²) in [6, 6.07) is 4.45. The SMILES string of the molecule is CNC(=O)c1ccc(NC(CC(C)C)C(=O)OC)c(N)c1. The highest BCUT2D eigenvalue weighted by atomic mass is 16.5. The van der Waals surface area contributed by atoms with Crippen LogP contribution in [0.5, 0.6) is 0 Å². The summed E-state index contributed by atoms with van der Waals surface area (Å²) < 4.78 is 4.80. The summed E-state index contributed by atoms with van der Waals surface area (Å²) in [7, 11) is 2.91. The number of anilines is 2. The summed E-state index contributed by atoms with van der Waals surface area (Å²) in [6.45, 7) is 4.05. The molecule has 0 aromatic heterocycles. The van der Waals surface area contributed by atoms with Gasteiger partial charge in [0.2, 0.25) is 0 Å². The number of esters is 1. The highest BCUT2D eigenvalue weighted by Crippen LogP contribution is 2.22. The number of nitrogens with one attached hydrogen (secondary N) is 2. The van der Waals surface area contributed by atoms with Crippen LogP contribution < -0.4 is 16.4 Å². The number of benzene rings is 1. The zero-order valence-electron chi connectivity index (χ0n) is 12.9. The molecule has 6 nitrogen and oxygen atoms in total. The molecule has 4 N–H and O–H groups in total. The van der Waals surface area contributed by atoms with Crippen LogP contribution in [-0.4, -0.2) is 32.1 Å². The molecule has 0 fully saturated rings. The van der Waals surface area contributed by atoms with Crippen LogP contribution in [-0.2, 0) is 9.53 Å². The van der Waals surface area contributed by atoms with Crippen LogP contribution in [0, 0.1) is 5.92 Å². The van der Waals surface area contributed by atoms with Crippen LogP contribution >= 0.6 is 0 Å². The average Bonchev–Trinajstić information content (AvgIpc) is 2.46. The van der Waals surface area contributed by atoms with Crippen molar-refractivity contribution in [3.8, 4) is 0 Å². The van der Waals surface area contributed by atoms with Crippen molar-refractivity contribution in [3.05, 3.63) is 23.8 Å². The van der Waals surface area contributed by atoms with E-state index in [0.717, 1.165) is 0 Å². The first kappa shape index (κ1) is 16.8. The van der Waals surface area contributed by atoms with Gasteiger partial charge in [-0.05, 0) is 30.5 Å². The zero-order chi connectivity index (χ0) is 16.0. The Balaban J connectivity index is 2.93. The van der Waals surface area contributed by atoms with Crippen molar-refractivity contribution in [2.75, 3.05) is 25.2 Å². The number of carbonyl (C=O) groups is 2. The number of nitrogens with two attached hydrogens (primary N) is 1. The fourth-order valence-electron chi connectivity index (χ4n) is 2.00. The first-order valence-corrected chi connectivity index (χ1v) is 6.85. The summed E-state index contributed by atoms with van der Waals surface area (Å²) >= 11 is 0. The van der Waals surface area contributed by atoms with Gasteiger partial charge in [0.25, 0.3) is 5.91 Å². The van der Waals surface area contributed by atoms with Gasteiger partial charge >= 0.3 is 5.97 Å². The molecule has 1 aromatic rings. The van der Waals surface area contributed by atoms with Crippen LogP contribution in [0.4, 0.5) is 11.4 Å². The highest BCUT2D eigenvalue weighted by Gasteiger charge is 2.21. The molecule has 0 aliphatic rings. The van der Waals surface area contributed by atoms with Crippen LogP contribution in [0.2, 0.25) is 0 Å². The second-order valence-electron chi connectivity index (χ2n) is 5.23. The molecule has 1 amide bonds. The molecule has 0 bridgehead atoms. The van der Waals surface area contributed by atoms with Crippen molar-refractivity contribution in [3.63, 3.8) is 0 Å². The second-order valence-corrected chi connectivity index (χ2v) is 5.23. The van der Waals surface area contributed by atoms with Crippen LogP contribution in [0.3, 0.4) is 0 Å². The number of amides is 1. The summed E-state index contributed by atoms with van der Waals surface area (Å²) in [5.41, 5.74) is 7.43. The Morgan fingerprint density at radius 1 is 1.33 bits per heavy atom. The molecule has 6 heteroatoms. The molecule has 0 spiro atoms. The van der Waals surface area contributed by atoms with Crippen molar-refractivity contribution in [2.24, 2.45) is 5.92 Å². The Bertz CT molecular complexity index is 515.